The molecule has 0 aliphatic carbocycles. The Labute approximate surface area is 109 Å². The summed E-state index contributed by atoms with van der Waals surface area (Å²) in [4.78, 5) is 17.9. The number of hydrazone groups is 1. The van der Waals surface area contributed by atoms with Crippen LogP contribution < -0.4 is 5.43 Å². The number of hydrogen-bond donors (Lipinski definition) is 1. The van der Waals surface area contributed by atoms with Crippen molar-refractivity contribution in [3.63, 3.8) is 0 Å². The molecule has 1 amide bonds. The Balaban J connectivity index is 2.05. The van der Waals surface area contributed by atoms with Crippen LogP contribution in [0.3, 0.4) is 0 Å². The summed E-state index contributed by atoms with van der Waals surface area (Å²) in [6, 6.07) is 9.20. The van der Waals surface area contributed by atoms with Crippen molar-refractivity contribution in [2.45, 2.75) is 13.8 Å². The van der Waals surface area contributed by atoms with Gasteiger partial charge in [-0.25, -0.2) is 5.43 Å². The van der Waals surface area contributed by atoms with Gasteiger partial charge in [0.05, 0.1) is 10.6 Å². The second kappa shape index (κ2) is 5.55. The molecule has 2 aromatic rings. The van der Waals surface area contributed by atoms with Gasteiger partial charge in [0, 0.05) is 11.1 Å². The molecule has 92 valence electrons. The Morgan fingerprint density at radius 2 is 2.17 bits per heavy atom. The molecule has 0 unspecified atom stereocenters. The highest BCUT2D eigenvalue weighted by Crippen LogP contribution is 2.15. The molecule has 5 heteroatoms. The molecular weight excluding hydrogens is 246 g/mol. The maximum absolute atomic E-state index is 11.7. The Kier molecular flexibility index (Phi) is 3.84. The maximum atomic E-state index is 11.7. The molecule has 0 radical (unpaired) electrons. The van der Waals surface area contributed by atoms with Crippen LogP contribution in [0.2, 0.25) is 0 Å². The maximum Gasteiger partial charge on any atom is 0.289 e. The first kappa shape index (κ1) is 12.4. The lowest BCUT2D eigenvalue weighted by atomic mass is 10.3. The molecular formula is C13H13N3OS. The van der Waals surface area contributed by atoms with Crippen LogP contribution in [0, 0.1) is 6.92 Å². The van der Waals surface area contributed by atoms with Gasteiger partial charge in [-0.15, -0.1) is 11.3 Å². The van der Waals surface area contributed by atoms with E-state index in [4.69, 9.17) is 0 Å². The van der Waals surface area contributed by atoms with Crippen molar-refractivity contribution in [1.29, 1.82) is 0 Å². The van der Waals surface area contributed by atoms with Gasteiger partial charge in [-0.1, -0.05) is 6.07 Å². The van der Waals surface area contributed by atoms with Crippen molar-refractivity contribution in [2.24, 2.45) is 5.10 Å². The van der Waals surface area contributed by atoms with Crippen molar-refractivity contribution in [1.82, 2.24) is 10.4 Å². The highest BCUT2D eigenvalue weighted by molar-refractivity contribution is 7.14. The van der Waals surface area contributed by atoms with Gasteiger partial charge in [0.2, 0.25) is 0 Å². The number of carbonyl (C=O) groups excluding carboxylic acids is 1. The van der Waals surface area contributed by atoms with Gasteiger partial charge in [0.15, 0.2) is 0 Å². The van der Waals surface area contributed by atoms with Gasteiger partial charge in [-0.2, -0.15) is 5.10 Å². The number of thiophene rings is 1. The first-order valence-corrected chi connectivity index (χ1v) is 6.31. The number of aryl methyl sites for hydroxylation is 1. The smallest absolute Gasteiger partial charge is 0.266 e. The fourth-order valence-electron chi connectivity index (χ4n) is 1.37. The molecule has 0 saturated heterocycles. The zero-order valence-electron chi connectivity index (χ0n) is 10.2. The van der Waals surface area contributed by atoms with E-state index < -0.39 is 0 Å². The number of rotatable bonds is 3. The summed E-state index contributed by atoms with van der Waals surface area (Å²) in [5.41, 5.74) is 3.65. The van der Waals surface area contributed by atoms with Crippen molar-refractivity contribution < 1.29 is 4.79 Å². The van der Waals surface area contributed by atoms with E-state index in [9.17, 15) is 4.79 Å². The number of nitrogens with zero attached hydrogens (tertiary/aromatic N) is 2. The number of pyridine rings is 1. The lowest BCUT2D eigenvalue weighted by Gasteiger charge is -2.00. The van der Waals surface area contributed by atoms with Crippen LogP contribution in [0.4, 0.5) is 0 Å². The van der Waals surface area contributed by atoms with E-state index in [0.717, 1.165) is 10.6 Å². The van der Waals surface area contributed by atoms with Gasteiger partial charge in [0.25, 0.3) is 5.91 Å². The van der Waals surface area contributed by atoms with E-state index >= 15 is 0 Å². The number of hydrogen-bond acceptors (Lipinski definition) is 4. The molecule has 0 aliphatic heterocycles. The normalized spacial score (nSPS) is 11.3. The van der Waals surface area contributed by atoms with Crippen LogP contribution >= 0.6 is 11.3 Å². The summed E-state index contributed by atoms with van der Waals surface area (Å²) in [7, 11) is 0. The first-order chi connectivity index (χ1) is 8.66. The summed E-state index contributed by atoms with van der Waals surface area (Å²) < 4.78 is 0. The first-order valence-electron chi connectivity index (χ1n) is 5.49. The summed E-state index contributed by atoms with van der Waals surface area (Å²) in [5.74, 6) is -0.303. The van der Waals surface area contributed by atoms with Crippen LogP contribution in [-0.4, -0.2) is 16.6 Å². The third-order valence-electron chi connectivity index (χ3n) is 2.32. The SMILES string of the molecule is CC(=NNC(=O)c1ccccn1)c1ccc(C)s1. The van der Waals surface area contributed by atoms with Crippen LogP contribution in [0.15, 0.2) is 41.6 Å². The molecule has 0 atom stereocenters. The largest absolute Gasteiger partial charge is 0.289 e. The molecule has 0 saturated carbocycles. The van der Waals surface area contributed by atoms with Crippen molar-refractivity contribution >= 4 is 23.0 Å². The third-order valence-corrected chi connectivity index (χ3v) is 3.43. The highest BCUT2D eigenvalue weighted by atomic mass is 32.1. The van der Waals surface area contributed by atoms with Gasteiger partial charge in [-0.05, 0) is 38.1 Å². The topological polar surface area (TPSA) is 54.4 Å². The zero-order valence-corrected chi connectivity index (χ0v) is 11.0. The average molecular weight is 259 g/mol. The summed E-state index contributed by atoms with van der Waals surface area (Å²) in [6.07, 6.45) is 1.58. The quantitative estimate of drug-likeness (QED) is 0.680. The van der Waals surface area contributed by atoms with Gasteiger partial charge >= 0.3 is 0 Å². The third kappa shape index (κ3) is 3.01. The molecule has 4 nitrogen and oxygen atoms in total. The highest BCUT2D eigenvalue weighted by Gasteiger charge is 2.05. The Morgan fingerprint density at radius 3 is 2.78 bits per heavy atom. The summed E-state index contributed by atoms with van der Waals surface area (Å²) in [5, 5.41) is 4.07. The van der Waals surface area contributed by atoms with E-state index in [-0.39, 0.29) is 5.91 Å². The molecule has 2 heterocycles. The molecule has 0 bridgehead atoms. The molecule has 0 spiro atoms. The number of carbonyl (C=O) groups is 1. The predicted molar refractivity (Wildman–Crippen MR) is 73.0 cm³/mol. The molecule has 0 aromatic carbocycles. The second-order valence-corrected chi connectivity index (χ2v) is 5.05. The van der Waals surface area contributed by atoms with Crippen LogP contribution in [-0.2, 0) is 0 Å². The van der Waals surface area contributed by atoms with Crippen LogP contribution in [0.5, 0.6) is 0 Å². The van der Waals surface area contributed by atoms with Gasteiger partial charge in [-0.3, -0.25) is 9.78 Å². The fraction of sp³-hybridized carbons (Fsp3) is 0.154. The molecule has 0 fully saturated rings. The minimum Gasteiger partial charge on any atom is -0.266 e. The second-order valence-electron chi connectivity index (χ2n) is 3.76. The number of nitrogens with one attached hydrogen (secondary N) is 1. The monoisotopic (exact) mass is 259 g/mol. The summed E-state index contributed by atoms with van der Waals surface area (Å²) >= 11 is 1.65. The van der Waals surface area contributed by atoms with Crippen molar-refractivity contribution in [3.05, 3.63) is 52.0 Å². The summed E-state index contributed by atoms with van der Waals surface area (Å²) in [6.45, 7) is 3.90. The van der Waals surface area contributed by atoms with Gasteiger partial charge < -0.3 is 0 Å². The minimum absolute atomic E-state index is 0.303. The number of amides is 1. The Hall–Kier alpha value is -2.01. The van der Waals surface area contributed by atoms with E-state index in [0.29, 0.717) is 5.69 Å². The molecule has 2 aromatic heterocycles. The van der Waals surface area contributed by atoms with Crippen molar-refractivity contribution in [3.8, 4) is 0 Å². The predicted octanol–water partition coefficient (Wildman–Crippen LogP) is 2.61. The van der Waals surface area contributed by atoms with Gasteiger partial charge in [0.1, 0.15) is 5.69 Å². The average Bonchev–Trinajstić information content (AvgIpc) is 2.83. The molecule has 2 rings (SSSR count). The van der Waals surface area contributed by atoms with E-state index in [1.807, 2.05) is 26.0 Å². The van der Waals surface area contributed by atoms with E-state index in [2.05, 4.69) is 15.5 Å². The van der Waals surface area contributed by atoms with Crippen LogP contribution in [0.1, 0.15) is 27.2 Å². The zero-order chi connectivity index (χ0) is 13.0. The molecule has 1 N–H and O–H groups in total. The molecule has 18 heavy (non-hydrogen) atoms. The van der Waals surface area contributed by atoms with E-state index in [1.165, 1.54) is 4.88 Å². The lowest BCUT2D eigenvalue weighted by Crippen LogP contribution is -2.20. The Morgan fingerprint density at radius 1 is 1.33 bits per heavy atom. The molecule has 0 aliphatic rings. The lowest BCUT2D eigenvalue weighted by molar-refractivity contribution is 0.0950. The minimum atomic E-state index is -0.303. The Bertz CT molecular complexity index is 575. The van der Waals surface area contributed by atoms with Crippen molar-refractivity contribution in [2.75, 3.05) is 0 Å². The van der Waals surface area contributed by atoms with Crippen LogP contribution in [0.25, 0.3) is 0 Å². The standard InChI is InChI=1S/C13H13N3OS/c1-9-6-7-12(18-9)10(2)15-16-13(17)11-5-3-4-8-14-11/h3-8H,1-2H3,(H,16,17). The fourth-order valence-corrected chi connectivity index (χ4v) is 2.19. The number of aromatic nitrogens is 1. The van der Waals surface area contributed by atoms with E-state index in [1.54, 1.807) is 35.7 Å².